The Kier molecular flexibility index (Phi) is 4.49. The van der Waals surface area contributed by atoms with Crippen LogP contribution in [0.15, 0.2) is 18.2 Å². The number of carbonyl (C=O) groups excluding carboxylic acids is 1. The highest BCUT2D eigenvalue weighted by Crippen LogP contribution is 2.25. The van der Waals surface area contributed by atoms with E-state index >= 15 is 0 Å². The van der Waals surface area contributed by atoms with Gasteiger partial charge < -0.3 is 10.7 Å². The van der Waals surface area contributed by atoms with Crippen LogP contribution in [-0.4, -0.2) is 23.5 Å². The zero-order chi connectivity index (χ0) is 13.0. The van der Waals surface area contributed by atoms with Gasteiger partial charge in [-0.2, -0.15) is 11.8 Å². The van der Waals surface area contributed by atoms with Gasteiger partial charge in [0.25, 0.3) is 5.91 Å². The van der Waals surface area contributed by atoms with Gasteiger partial charge in [0.1, 0.15) is 0 Å². The number of aryl methyl sites for hydroxylation is 1. The van der Waals surface area contributed by atoms with Crippen molar-refractivity contribution in [2.45, 2.75) is 25.0 Å². The van der Waals surface area contributed by atoms with E-state index in [0.29, 0.717) is 16.5 Å². The van der Waals surface area contributed by atoms with E-state index in [0.717, 1.165) is 12.1 Å². The molecule has 1 aliphatic heterocycles. The average molecular weight is 265 g/mol. The van der Waals surface area contributed by atoms with Gasteiger partial charge in [-0.3, -0.25) is 10.6 Å². The fourth-order valence-electron chi connectivity index (χ4n) is 2.08. The first-order chi connectivity index (χ1) is 8.70. The van der Waals surface area contributed by atoms with Crippen molar-refractivity contribution >= 4 is 23.4 Å². The van der Waals surface area contributed by atoms with Crippen LogP contribution in [0.5, 0.6) is 0 Å². The van der Waals surface area contributed by atoms with E-state index in [-0.39, 0.29) is 5.91 Å². The van der Waals surface area contributed by atoms with Crippen molar-refractivity contribution in [2.75, 3.05) is 17.7 Å². The number of hydrazine groups is 1. The first-order valence-electron chi connectivity index (χ1n) is 6.18. The smallest absolute Gasteiger partial charge is 0.253 e. The van der Waals surface area contributed by atoms with E-state index < -0.39 is 0 Å². The summed E-state index contributed by atoms with van der Waals surface area (Å²) in [5.74, 6) is 6.58. The van der Waals surface area contributed by atoms with Crippen molar-refractivity contribution in [1.82, 2.24) is 5.32 Å². The van der Waals surface area contributed by atoms with Crippen LogP contribution in [0.1, 0.15) is 28.8 Å². The number of carbonyl (C=O) groups is 1. The summed E-state index contributed by atoms with van der Waals surface area (Å²) in [6.45, 7) is 2.70. The summed E-state index contributed by atoms with van der Waals surface area (Å²) in [6, 6.07) is 5.61. The van der Waals surface area contributed by atoms with Gasteiger partial charge in [-0.25, -0.2) is 0 Å². The van der Waals surface area contributed by atoms with Crippen molar-refractivity contribution in [1.29, 1.82) is 0 Å². The molecule has 0 aliphatic carbocycles. The van der Waals surface area contributed by atoms with E-state index in [9.17, 15) is 4.79 Å². The summed E-state index contributed by atoms with van der Waals surface area (Å²) in [4.78, 5) is 12.1. The quantitative estimate of drug-likeness (QED) is 0.574. The number of nitrogen functional groups attached to an aromatic ring is 1. The molecule has 1 amide bonds. The first-order valence-corrected chi connectivity index (χ1v) is 7.22. The fourth-order valence-corrected chi connectivity index (χ4v) is 3.28. The Hall–Kier alpha value is -1.20. The molecule has 1 aliphatic rings. The van der Waals surface area contributed by atoms with Crippen molar-refractivity contribution in [3.8, 4) is 0 Å². The lowest BCUT2D eigenvalue weighted by Gasteiger charge is -2.13. The normalized spacial score (nSPS) is 18.7. The van der Waals surface area contributed by atoms with Crippen molar-refractivity contribution in [3.05, 3.63) is 29.3 Å². The first kappa shape index (κ1) is 13.2. The van der Waals surface area contributed by atoms with E-state index in [4.69, 9.17) is 5.84 Å². The molecule has 1 unspecified atom stereocenters. The van der Waals surface area contributed by atoms with Crippen LogP contribution in [0.3, 0.4) is 0 Å². The van der Waals surface area contributed by atoms with Crippen molar-refractivity contribution < 1.29 is 4.79 Å². The van der Waals surface area contributed by atoms with Crippen LogP contribution < -0.4 is 16.6 Å². The predicted molar refractivity (Wildman–Crippen MR) is 76.8 cm³/mol. The number of amides is 1. The number of anilines is 1. The number of nitrogens with one attached hydrogen (secondary N) is 2. The monoisotopic (exact) mass is 265 g/mol. The Bertz CT molecular complexity index is 430. The molecular formula is C13H19N3OS. The van der Waals surface area contributed by atoms with Crippen LogP contribution >= 0.6 is 11.8 Å². The molecule has 1 fully saturated rings. The highest BCUT2D eigenvalue weighted by Gasteiger charge is 2.17. The number of hydrogen-bond acceptors (Lipinski definition) is 4. The number of benzene rings is 1. The lowest BCUT2D eigenvalue weighted by molar-refractivity contribution is 0.0954. The van der Waals surface area contributed by atoms with Crippen molar-refractivity contribution in [3.63, 3.8) is 0 Å². The third kappa shape index (κ3) is 3.17. The minimum absolute atomic E-state index is 0.0563. The third-order valence-corrected chi connectivity index (χ3v) is 4.49. The fraction of sp³-hybridized carbons (Fsp3) is 0.462. The lowest BCUT2D eigenvalue weighted by atomic mass is 10.1. The Labute approximate surface area is 112 Å². The molecule has 1 aromatic rings. The molecule has 1 atom stereocenters. The maximum Gasteiger partial charge on any atom is 0.253 e. The van der Waals surface area contributed by atoms with Gasteiger partial charge in [-0.1, -0.05) is 11.6 Å². The van der Waals surface area contributed by atoms with Crippen LogP contribution in [0.25, 0.3) is 0 Å². The van der Waals surface area contributed by atoms with Crippen molar-refractivity contribution in [2.24, 2.45) is 5.84 Å². The average Bonchev–Trinajstić information content (AvgIpc) is 2.89. The molecule has 0 aromatic heterocycles. The second-order valence-corrected chi connectivity index (χ2v) is 5.95. The summed E-state index contributed by atoms with van der Waals surface area (Å²) >= 11 is 1.94. The molecule has 1 saturated heterocycles. The number of hydrogen-bond donors (Lipinski definition) is 3. The number of nitrogens with two attached hydrogens (primary N) is 1. The molecule has 0 saturated carbocycles. The highest BCUT2D eigenvalue weighted by molar-refractivity contribution is 8.00. The molecule has 98 valence electrons. The van der Waals surface area contributed by atoms with Gasteiger partial charge in [0.15, 0.2) is 0 Å². The van der Waals surface area contributed by atoms with Gasteiger partial charge in [0.05, 0.1) is 11.3 Å². The van der Waals surface area contributed by atoms with E-state index in [1.165, 1.54) is 18.6 Å². The number of thioether (sulfide) groups is 1. The van der Waals surface area contributed by atoms with E-state index in [1.807, 2.05) is 36.9 Å². The lowest BCUT2D eigenvalue weighted by Crippen LogP contribution is -2.30. The Morgan fingerprint density at radius 1 is 1.56 bits per heavy atom. The molecular weight excluding hydrogens is 246 g/mol. The second-order valence-electron chi connectivity index (χ2n) is 4.54. The highest BCUT2D eigenvalue weighted by atomic mass is 32.2. The molecule has 5 heteroatoms. The van der Waals surface area contributed by atoms with Gasteiger partial charge in [0.2, 0.25) is 0 Å². The third-order valence-electron chi connectivity index (χ3n) is 3.09. The SMILES string of the molecule is Cc1ccc(NN)c(C(=O)NCC2CCCS2)c1. The van der Waals surface area contributed by atoms with E-state index in [1.54, 1.807) is 0 Å². The predicted octanol–water partition coefficient (Wildman–Crippen LogP) is 1.91. The maximum absolute atomic E-state index is 12.1. The molecule has 18 heavy (non-hydrogen) atoms. The summed E-state index contributed by atoms with van der Waals surface area (Å²) in [5, 5.41) is 3.55. The summed E-state index contributed by atoms with van der Waals surface area (Å²) in [6.07, 6.45) is 2.45. The largest absolute Gasteiger partial charge is 0.351 e. The molecule has 1 heterocycles. The van der Waals surface area contributed by atoms with Crippen LogP contribution in [0.2, 0.25) is 0 Å². The molecule has 0 radical (unpaired) electrons. The number of rotatable bonds is 4. The zero-order valence-electron chi connectivity index (χ0n) is 10.5. The molecule has 4 N–H and O–H groups in total. The summed E-state index contributed by atoms with van der Waals surface area (Å²) in [5.41, 5.74) is 4.89. The van der Waals surface area contributed by atoms with Gasteiger partial charge in [0, 0.05) is 11.8 Å². The molecule has 0 bridgehead atoms. The maximum atomic E-state index is 12.1. The Morgan fingerprint density at radius 3 is 3.06 bits per heavy atom. The van der Waals surface area contributed by atoms with Gasteiger partial charge >= 0.3 is 0 Å². The second kappa shape index (κ2) is 6.11. The van der Waals surface area contributed by atoms with Gasteiger partial charge in [-0.15, -0.1) is 0 Å². The van der Waals surface area contributed by atoms with Crippen LogP contribution in [0.4, 0.5) is 5.69 Å². The molecule has 0 spiro atoms. The van der Waals surface area contributed by atoms with Crippen LogP contribution in [0, 0.1) is 6.92 Å². The van der Waals surface area contributed by atoms with E-state index in [2.05, 4.69) is 10.7 Å². The minimum Gasteiger partial charge on any atom is -0.351 e. The molecule has 2 rings (SSSR count). The van der Waals surface area contributed by atoms with Gasteiger partial charge in [-0.05, 0) is 37.7 Å². The van der Waals surface area contributed by atoms with Crippen LogP contribution in [-0.2, 0) is 0 Å². The topological polar surface area (TPSA) is 67.1 Å². The standard InChI is InChI=1S/C13H19N3OS/c1-9-4-5-12(16-14)11(7-9)13(17)15-8-10-3-2-6-18-10/h4-5,7,10,16H,2-3,6,8,14H2,1H3,(H,15,17). The zero-order valence-corrected chi connectivity index (χ0v) is 11.3. The summed E-state index contributed by atoms with van der Waals surface area (Å²) in [7, 11) is 0. The molecule has 1 aromatic carbocycles. The minimum atomic E-state index is -0.0563. The Morgan fingerprint density at radius 2 is 2.39 bits per heavy atom. The molecule has 4 nitrogen and oxygen atoms in total. The Balaban J connectivity index is 2.00. The summed E-state index contributed by atoms with van der Waals surface area (Å²) < 4.78 is 0.